The molecule has 4 bridgehead atoms. The van der Waals surface area contributed by atoms with Crippen LogP contribution in [0.4, 0.5) is 0 Å². The summed E-state index contributed by atoms with van der Waals surface area (Å²) in [7, 11) is -1.91. The van der Waals surface area contributed by atoms with Crippen molar-refractivity contribution < 1.29 is 0 Å². The second-order valence-corrected chi connectivity index (χ2v) is 24.4. The fourth-order valence-corrected chi connectivity index (χ4v) is 17.8. The molecular formula is C60H48N2Si. The van der Waals surface area contributed by atoms with Gasteiger partial charge in [-0.25, -0.2) is 9.97 Å². The Labute approximate surface area is 370 Å². The van der Waals surface area contributed by atoms with Crippen LogP contribution in [0.3, 0.4) is 0 Å². The minimum Gasteiger partial charge on any atom is -0.227 e. The molecule has 3 heteroatoms. The lowest BCUT2D eigenvalue weighted by Gasteiger charge is -2.61. The molecular weight excluding hydrogens is 777 g/mol. The molecule has 2 heterocycles. The highest BCUT2D eigenvalue weighted by atomic mass is 28.3. The van der Waals surface area contributed by atoms with Crippen molar-refractivity contribution in [2.24, 2.45) is 23.7 Å². The van der Waals surface area contributed by atoms with E-state index in [0.717, 1.165) is 50.8 Å². The van der Waals surface area contributed by atoms with Gasteiger partial charge in [-0.05, 0) is 145 Å². The summed E-state index contributed by atoms with van der Waals surface area (Å²) in [4.78, 5) is 11.2. The van der Waals surface area contributed by atoms with Crippen LogP contribution < -0.4 is 10.4 Å². The van der Waals surface area contributed by atoms with Crippen LogP contribution in [0.5, 0.6) is 0 Å². The highest BCUT2D eigenvalue weighted by Crippen LogP contribution is 2.69. The SMILES string of the molecule is C[Si]1(C)c2ccccc2-c2cccc(-c3ccc4c(c3)-c3ccc(-c5nc(-c6ccccc6-c6ccccc6)c6ccc7ccccc7c6n5)cc3C43C4CC5CC(C4)CC3C5)c21. The Kier molecular flexibility index (Phi) is 7.48. The number of hydrogen-bond acceptors (Lipinski definition) is 2. The molecule has 15 rings (SSSR count). The first kappa shape index (κ1) is 36.1. The van der Waals surface area contributed by atoms with Crippen molar-refractivity contribution in [2.75, 3.05) is 0 Å². The first-order valence-electron chi connectivity index (χ1n) is 23.3. The maximum atomic E-state index is 5.64. The molecule has 6 aliphatic rings. The van der Waals surface area contributed by atoms with E-state index in [1.807, 2.05) is 0 Å². The monoisotopic (exact) mass is 824 g/mol. The van der Waals surface area contributed by atoms with E-state index in [0.29, 0.717) is 11.8 Å². The number of rotatable bonds is 4. The van der Waals surface area contributed by atoms with Crippen LogP contribution in [0.1, 0.15) is 43.2 Å². The lowest BCUT2D eigenvalue weighted by atomic mass is 9.43. The quantitative estimate of drug-likeness (QED) is 0.130. The van der Waals surface area contributed by atoms with Gasteiger partial charge in [0.25, 0.3) is 0 Å². The Morgan fingerprint density at radius 3 is 1.95 bits per heavy atom. The Hall–Kier alpha value is -6.42. The normalized spacial score (nSPS) is 23.0. The van der Waals surface area contributed by atoms with Crippen molar-refractivity contribution in [1.82, 2.24) is 9.97 Å². The average Bonchev–Trinajstić information content (AvgIpc) is 3.75. The zero-order chi connectivity index (χ0) is 41.6. The van der Waals surface area contributed by atoms with Crippen molar-refractivity contribution in [3.05, 3.63) is 181 Å². The van der Waals surface area contributed by atoms with Crippen LogP contribution in [-0.4, -0.2) is 18.0 Å². The second-order valence-electron chi connectivity index (χ2n) is 20.1. The van der Waals surface area contributed by atoms with Gasteiger partial charge in [0.2, 0.25) is 0 Å². The third-order valence-electron chi connectivity index (χ3n) is 16.7. The Morgan fingerprint density at radius 2 is 1.13 bits per heavy atom. The van der Waals surface area contributed by atoms with Gasteiger partial charge in [-0.2, -0.15) is 0 Å². The molecule has 0 atom stereocenters. The molecule has 2 nitrogen and oxygen atoms in total. The molecule has 0 amide bonds. The Balaban J connectivity index is 0.989. The second kappa shape index (κ2) is 13.1. The number of hydrogen-bond donors (Lipinski definition) is 0. The van der Waals surface area contributed by atoms with E-state index in [1.54, 1.807) is 15.9 Å². The molecule has 63 heavy (non-hydrogen) atoms. The molecule has 8 aromatic carbocycles. The highest BCUT2D eigenvalue weighted by Gasteiger charge is 2.61. The van der Waals surface area contributed by atoms with Crippen LogP contribution in [0, 0.1) is 23.7 Å². The fourth-order valence-electron chi connectivity index (χ4n) is 14.4. The van der Waals surface area contributed by atoms with Crippen LogP contribution in [0.15, 0.2) is 170 Å². The zero-order valence-corrected chi connectivity index (χ0v) is 36.9. The van der Waals surface area contributed by atoms with E-state index in [-0.39, 0.29) is 5.41 Å². The van der Waals surface area contributed by atoms with E-state index in [9.17, 15) is 0 Å². The minimum atomic E-state index is -1.91. The topological polar surface area (TPSA) is 25.8 Å². The van der Waals surface area contributed by atoms with E-state index < -0.39 is 8.07 Å². The van der Waals surface area contributed by atoms with E-state index >= 15 is 0 Å². The van der Waals surface area contributed by atoms with Crippen molar-refractivity contribution in [1.29, 1.82) is 0 Å². The van der Waals surface area contributed by atoms with Crippen molar-refractivity contribution in [3.63, 3.8) is 0 Å². The third kappa shape index (κ3) is 4.95. The molecule has 0 saturated heterocycles. The molecule has 0 N–H and O–H groups in total. The summed E-state index contributed by atoms with van der Waals surface area (Å²) in [5.41, 5.74) is 18.3. The first-order valence-corrected chi connectivity index (χ1v) is 26.3. The van der Waals surface area contributed by atoms with Crippen molar-refractivity contribution in [3.8, 4) is 67.2 Å². The predicted molar refractivity (Wildman–Crippen MR) is 264 cm³/mol. The maximum Gasteiger partial charge on any atom is 0.160 e. The maximum absolute atomic E-state index is 5.64. The van der Waals surface area contributed by atoms with Gasteiger partial charge in [-0.1, -0.05) is 165 Å². The Bertz CT molecular complexity index is 3370. The lowest BCUT2D eigenvalue weighted by molar-refractivity contribution is -0.0399. The standard InChI is InChI=1S/C60H48N2Si/c1-63(2)55-22-11-10-18-48(55)50-21-12-20-46(58(50)63)40-25-28-53-52(34-40)47-26-24-41(35-54(47)60(53)42-30-36-29-37(32-42)33-43(60)31-36)59-61-56-45-17-7-6-15-39(45)23-27-51(56)57(62-59)49-19-9-8-16-44(49)38-13-4-3-5-14-38/h3-28,34-37,42-43H,29-33H2,1-2H3. The highest BCUT2D eigenvalue weighted by molar-refractivity contribution is 7.04. The third-order valence-corrected chi connectivity index (χ3v) is 20.2. The zero-order valence-electron chi connectivity index (χ0n) is 35.9. The number of aromatic nitrogens is 2. The van der Waals surface area contributed by atoms with Crippen molar-refractivity contribution in [2.45, 2.75) is 50.6 Å². The summed E-state index contributed by atoms with van der Waals surface area (Å²) < 4.78 is 0. The molecule has 9 aromatic rings. The van der Waals surface area contributed by atoms with Crippen LogP contribution >= 0.6 is 0 Å². The summed E-state index contributed by atoms with van der Waals surface area (Å²) >= 11 is 0. The van der Waals surface area contributed by atoms with Gasteiger partial charge in [-0.3, -0.25) is 0 Å². The molecule has 302 valence electrons. The average molecular weight is 825 g/mol. The molecule has 4 saturated carbocycles. The number of benzene rings is 8. The molecule has 0 unspecified atom stereocenters. The van der Waals surface area contributed by atoms with Gasteiger partial charge in [0.15, 0.2) is 5.82 Å². The van der Waals surface area contributed by atoms with Crippen LogP contribution in [-0.2, 0) is 5.41 Å². The molecule has 0 radical (unpaired) electrons. The van der Waals surface area contributed by atoms with Crippen LogP contribution in [0.2, 0.25) is 13.1 Å². The van der Waals surface area contributed by atoms with E-state index in [2.05, 4.69) is 183 Å². The molecule has 1 spiro atoms. The summed E-state index contributed by atoms with van der Waals surface area (Å²) in [6, 6.07) is 64.1. The first-order chi connectivity index (χ1) is 30.9. The molecule has 1 aliphatic heterocycles. The summed E-state index contributed by atoms with van der Waals surface area (Å²) in [5, 5.41) is 6.60. The van der Waals surface area contributed by atoms with Gasteiger partial charge in [0.05, 0.1) is 11.2 Å². The molecule has 4 fully saturated rings. The van der Waals surface area contributed by atoms with Gasteiger partial charge < -0.3 is 0 Å². The fraction of sp³-hybridized carbons (Fsp3) is 0.200. The summed E-state index contributed by atoms with van der Waals surface area (Å²) in [6.07, 6.45) is 6.83. The minimum absolute atomic E-state index is 0.0157. The number of fused-ring (bicyclic) bond motifs is 9. The van der Waals surface area contributed by atoms with Crippen LogP contribution in [0.25, 0.3) is 88.8 Å². The van der Waals surface area contributed by atoms with Crippen molar-refractivity contribution >= 4 is 40.1 Å². The van der Waals surface area contributed by atoms with E-state index in [1.165, 1.54) is 87.6 Å². The molecule has 1 aromatic heterocycles. The number of nitrogens with zero attached hydrogens (tertiary/aromatic N) is 2. The Morgan fingerprint density at radius 1 is 0.444 bits per heavy atom. The smallest absolute Gasteiger partial charge is 0.160 e. The van der Waals surface area contributed by atoms with E-state index in [4.69, 9.17) is 9.97 Å². The predicted octanol–water partition coefficient (Wildman–Crippen LogP) is 14.0. The van der Waals surface area contributed by atoms with Gasteiger partial charge in [-0.15, -0.1) is 0 Å². The summed E-state index contributed by atoms with van der Waals surface area (Å²) in [5.74, 6) is 3.87. The van der Waals surface area contributed by atoms with Gasteiger partial charge >= 0.3 is 0 Å². The van der Waals surface area contributed by atoms with Gasteiger partial charge in [0.1, 0.15) is 8.07 Å². The molecule has 5 aliphatic carbocycles. The largest absolute Gasteiger partial charge is 0.227 e. The lowest BCUT2D eigenvalue weighted by Crippen LogP contribution is -2.55. The summed E-state index contributed by atoms with van der Waals surface area (Å²) in [6.45, 7) is 5.11. The van der Waals surface area contributed by atoms with Gasteiger partial charge in [0, 0.05) is 27.3 Å².